The van der Waals surface area contributed by atoms with Gasteiger partial charge in [-0.3, -0.25) is 4.79 Å². The number of nitrogens with one attached hydrogen (secondary N) is 1. The van der Waals surface area contributed by atoms with E-state index in [4.69, 9.17) is 0 Å². The molecule has 0 bridgehead atoms. The van der Waals surface area contributed by atoms with Crippen LogP contribution in [0.5, 0.6) is 0 Å². The Morgan fingerprint density at radius 1 is 0.971 bits per heavy atom. The third-order valence-corrected chi connectivity index (χ3v) is 7.05. The van der Waals surface area contributed by atoms with Crippen molar-refractivity contribution < 1.29 is 4.79 Å². The standard InChI is InChI=1S/C27H27N5OS/c1-30(18-21-9-3-2-4-10-21)27(33)23-11-5-6-12-24(23)32-16-15-31(19-22-17-28-20-29-22)25-13-7-8-14-26(25)34-32/h2-14,17,20H,15-16,18-19H2,1H3,(H,28,29). The van der Waals surface area contributed by atoms with E-state index in [1.54, 1.807) is 23.2 Å². The molecule has 1 aromatic heterocycles. The molecule has 4 aromatic rings. The number of carbonyl (C=O) groups excluding carboxylic acids is 1. The van der Waals surface area contributed by atoms with E-state index < -0.39 is 0 Å². The molecule has 7 heteroatoms. The van der Waals surface area contributed by atoms with Gasteiger partial charge in [0, 0.05) is 32.9 Å². The van der Waals surface area contributed by atoms with Gasteiger partial charge in [0.15, 0.2) is 0 Å². The van der Waals surface area contributed by atoms with Crippen molar-refractivity contribution in [2.24, 2.45) is 0 Å². The van der Waals surface area contributed by atoms with Crippen LogP contribution < -0.4 is 9.21 Å². The van der Waals surface area contributed by atoms with Crippen molar-refractivity contribution in [2.45, 2.75) is 18.0 Å². The molecule has 34 heavy (non-hydrogen) atoms. The summed E-state index contributed by atoms with van der Waals surface area (Å²) < 4.78 is 2.24. The zero-order valence-electron chi connectivity index (χ0n) is 19.1. The molecule has 1 aliphatic heterocycles. The summed E-state index contributed by atoms with van der Waals surface area (Å²) in [7, 11) is 1.86. The van der Waals surface area contributed by atoms with Crippen molar-refractivity contribution in [1.29, 1.82) is 0 Å². The van der Waals surface area contributed by atoms with Crippen molar-refractivity contribution >= 4 is 29.2 Å². The van der Waals surface area contributed by atoms with Crippen molar-refractivity contribution in [3.05, 3.63) is 108 Å². The summed E-state index contributed by atoms with van der Waals surface area (Å²) in [4.78, 5) is 26.2. The van der Waals surface area contributed by atoms with Gasteiger partial charge in [0.1, 0.15) is 0 Å². The molecule has 2 heterocycles. The lowest BCUT2D eigenvalue weighted by Gasteiger charge is -2.26. The average Bonchev–Trinajstić information content (AvgIpc) is 3.32. The number of H-pyrrole nitrogens is 1. The lowest BCUT2D eigenvalue weighted by molar-refractivity contribution is 0.0786. The first-order chi connectivity index (χ1) is 16.7. The fraction of sp³-hybridized carbons (Fsp3) is 0.185. The summed E-state index contributed by atoms with van der Waals surface area (Å²) in [5, 5.41) is 0. The highest BCUT2D eigenvalue weighted by Gasteiger charge is 2.25. The van der Waals surface area contributed by atoms with E-state index in [9.17, 15) is 4.79 Å². The minimum absolute atomic E-state index is 0.0194. The summed E-state index contributed by atoms with van der Waals surface area (Å²) in [6.45, 7) is 2.90. The van der Waals surface area contributed by atoms with Gasteiger partial charge in [-0.25, -0.2) is 4.98 Å². The molecule has 1 N–H and O–H groups in total. The summed E-state index contributed by atoms with van der Waals surface area (Å²) in [5.74, 6) is 0.0194. The van der Waals surface area contributed by atoms with Crippen LogP contribution in [0.25, 0.3) is 0 Å². The van der Waals surface area contributed by atoms with E-state index >= 15 is 0 Å². The Balaban J connectivity index is 1.41. The number of carbonyl (C=O) groups is 1. The van der Waals surface area contributed by atoms with Crippen molar-refractivity contribution in [3.8, 4) is 0 Å². The minimum Gasteiger partial charge on any atom is -0.363 e. The highest BCUT2D eigenvalue weighted by Crippen LogP contribution is 2.39. The van der Waals surface area contributed by atoms with E-state index in [0.29, 0.717) is 12.1 Å². The summed E-state index contributed by atoms with van der Waals surface area (Å²) in [6.07, 6.45) is 3.66. The lowest BCUT2D eigenvalue weighted by atomic mass is 10.1. The van der Waals surface area contributed by atoms with Gasteiger partial charge in [-0.15, -0.1) is 0 Å². The van der Waals surface area contributed by atoms with E-state index in [2.05, 4.69) is 43.4 Å². The molecule has 0 saturated heterocycles. The average molecular weight is 470 g/mol. The Hall–Kier alpha value is -3.71. The molecule has 0 unspecified atom stereocenters. The van der Waals surface area contributed by atoms with Crippen LogP contribution in [0.3, 0.4) is 0 Å². The van der Waals surface area contributed by atoms with Crippen LogP contribution in [0.2, 0.25) is 0 Å². The predicted octanol–water partition coefficient (Wildman–Crippen LogP) is 5.22. The molecular weight excluding hydrogens is 442 g/mol. The number of benzene rings is 3. The first-order valence-electron chi connectivity index (χ1n) is 11.3. The van der Waals surface area contributed by atoms with Gasteiger partial charge >= 0.3 is 0 Å². The maximum atomic E-state index is 13.5. The van der Waals surface area contributed by atoms with Crippen LogP contribution >= 0.6 is 11.9 Å². The monoisotopic (exact) mass is 469 g/mol. The second kappa shape index (κ2) is 10.1. The van der Waals surface area contributed by atoms with Gasteiger partial charge in [-0.05, 0) is 41.8 Å². The van der Waals surface area contributed by atoms with Gasteiger partial charge in [0.2, 0.25) is 0 Å². The maximum absolute atomic E-state index is 13.5. The molecule has 3 aromatic carbocycles. The van der Waals surface area contributed by atoms with Crippen LogP contribution in [0, 0.1) is 0 Å². The zero-order valence-corrected chi connectivity index (χ0v) is 19.9. The molecule has 0 fully saturated rings. The SMILES string of the molecule is CN(Cc1ccccc1)C(=O)c1ccccc1N1CCN(Cc2c[nH]cn2)c2ccccc2S1. The number of para-hydroxylation sites is 2. The summed E-state index contributed by atoms with van der Waals surface area (Å²) >= 11 is 1.69. The Kier molecular flexibility index (Phi) is 6.53. The first-order valence-corrected chi connectivity index (χ1v) is 12.1. The molecular formula is C27H27N5OS. The van der Waals surface area contributed by atoms with Gasteiger partial charge in [0.25, 0.3) is 5.91 Å². The second-order valence-corrected chi connectivity index (χ2v) is 9.37. The third kappa shape index (κ3) is 4.79. The number of hydrogen-bond acceptors (Lipinski definition) is 5. The van der Waals surface area contributed by atoms with Crippen molar-refractivity contribution in [3.63, 3.8) is 0 Å². The van der Waals surface area contributed by atoms with E-state index in [-0.39, 0.29) is 5.91 Å². The molecule has 0 aliphatic carbocycles. The number of aromatic amines is 1. The second-order valence-electron chi connectivity index (χ2n) is 8.31. The summed E-state index contributed by atoms with van der Waals surface area (Å²) in [5.41, 5.74) is 4.96. The van der Waals surface area contributed by atoms with Crippen LogP contribution in [0.15, 0.2) is 96.3 Å². The zero-order chi connectivity index (χ0) is 23.3. The van der Waals surface area contributed by atoms with Crippen LogP contribution in [0.4, 0.5) is 11.4 Å². The van der Waals surface area contributed by atoms with Gasteiger partial charge in [-0.1, -0.05) is 54.6 Å². The Labute approximate surface area is 204 Å². The number of amides is 1. The van der Waals surface area contributed by atoms with Crippen LogP contribution in [-0.4, -0.2) is 40.9 Å². The Morgan fingerprint density at radius 2 is 1.71 bits per heavy atom. The third-order valence-electron chi connectivity index (χ3n) is 5.91. The first kappa shape index (κ1) is 22.1. The maximum Gasteiger partial charge on any atom is 0.256 e. The highest BCUT2D eigenvalue weighted by molar-refractivity contribution is 8.00. The fourth-order valence-corrected chi connectivity index (χ4v) is 5.30. The topological polar surface area (TPSA) is 55.5 Å². The van der Waals surface area contributed by atoms with E-state index in [1.165, 1.54) is 5.69 Å². The number of nitrogens with zero attached hydrogens (tertiary/aromatic N) is 4. The smallest absolute Gasteiger partial charge is 0.256 e. The lowest BCUT2D eigenvalue weighted by Crippen LogP contribution is -2.31. The van der Waals surface area contributed by atoms with Crippen molar-refractivity contribution in [1.82, 2.24) is 14.9 Å². The molecule has 6 nitrogen and oxygen atoms in total. The number of anilines is 2. The van der Waals surface area contributed by atoms with Gasteiger partial charge in [-0.2, -0.15) is 0 Å². The summed E-state index contributed by atoms with van der Waals surface area (Å²) in [6, 6.07) is 26.4. The highest BCUT2D eigenvalue weighted by atomic mass is 32.2. The predicted molar refractivity (Wildman–Crippen MR) is 138 cm³/mol. The minimum atomic E-state index is 0.0194. The number of aromatic nitrogens is 2. The van der Waals surface area contributed by atoms with Crippen molar-refractivity contribution in [2.75, 3.05) is 29.3 Å². The van der Waals surface area contributed by atoms with Crippen LogP contribution in [0.1, 0.15) is 21.6 Å². The molecule has 5 rings (SSSR count). The Morgan fingerprint density at radius 3 is 2.50 bits per heavy atom. The van der Waals surface area contributed by atoms with Gasteiger partial charge < -0.3 is 19.1 Å². The molecule has 1 aliphatic rings. The largest absolute Gasteiger partial charge is 0.363 e. The number of fused-ring (bicyclic) bond motifs is 1. The molecule has 0 spiro atoms. The number of hydrogen-bond donors (Lipinski definition) is 1. The molecule has 0 radical (unpaired) electrons. The van der Waals surface area contributed by atoms with E-state index in [1.807, 2.05) is 67.8 Å². The van der Waals surface area contributed by atoms with Crippen LogP contribution in [-0.2, 0) is 13.1 Å². The number of rotatable bonds is 6. The molecule has 1 amide bonds. The fourth-order valence-electron chi connectivity index (χ4n) is 4.21. The molecule has 172 valence electrons. The van der Waals surface area contributed by atoms with Gasteiger partial charge in [0.05, 0.1) is 40.4 Å². The molecule has 0 saturated carbocycles. The quantitative estimate of drug-likeness (QED) is 0.393. The number of imidazole rings is 1. The Bertz CT molecular complexity index is 1240. The van der Waals surface area contributed by atoms with E-state index in [0.717, 1.165) is 41.5 Å². The molecule has 0 atom stereocenters. The normalized spacial score (nSPS) is 13.3.